The normalized spacial score (nSPS) is 23.6. The smallest absolute Gasteiger partial charge is 0.391 e. The molecule has 2 fully saturated rings. The first-order valence-corrected chi connectivity index (χ1v) is 16.2. The third-order valence-electron chi connectivity index (χ3n) is 8.28. The number of alkyl halides is 5. The Morgan fingerprint density at radius 3 is 2.20 bits per heavy atom. The van der Waals surface area contributed by atoms with Crippen molar-refractivity contribution in [2.24, 2.45) is 5.92 Å². The number of aliphatic hydroxyl groups is 1. The molecule has 3 atom stereocenters. The van der Waals surface area contributed by atoms with Crippen LogP contribution in [-0.2, 0) is 19.3 Å². The maximum atomic E-state index is 13.0. The van der Waals surface area contributed by atoms with Gasteiger partial charge in [-0.1, -0.05) is 19.1 Å². The Labute approximate surface area is 253 Å². The summed E-state index contributed by atoms with van der Waals surface area (Å²) in [5, 5.41) is 12.6. The highest BCUT2D eigenvalue weighted by atomic mass is 32.2. The summed E-state index contributed by atoms with van der Waals surface area (Å²) < 4.78 is 99.6. The minimum Gasteiger partial charge on any atom is -0.394 e. The van der Waals surface area contributed by atoms with Crippen molar-refractivity contribution in [1.82, 2.24) is 5.32 Å². The summed E-state index contributed by atoms with van der Waals surface area (Å²) >= 11 is 0. The van der Waals surface area contributed by atoms with Crippen LogP contribution in [0.3, 0.4) is 0 Å². The Kier molecular flexibility index (Phi) is 11.2. The largest absolute Gasteiger partial charge is 0.394 e. The number of rotatable bonds is 12. The number of benzene rings is 2. The lowest BCUT2D eigenvalue weighted by atomic mass is 9.87. The zero-order chi connectivity index (χ0) is 32.1. The molecule has 1 aliphatic carbocycles. The number of hydrogen-bond acceptors (Lipinski definition) is 7. The molecule has 0 spiro atoms. The van der Waals surface area contributed by atoms with Gasteiger partial charge in [0.2, 0.25) is 0 Å². The van der Waals surface area contributed by atoms with Gasteiger partial charge in [-0.15, -0.1) is 0 Å². The number of anilines is 1. The van der Waals surface area contributed by atoms with Crippen molar-refractivity contribution < 1.29 is 49.7 Å². The van der Waals surface area contributed by atoms with Crippen molar-refractivity contribution >= 4 is 21.4 Å². The SMILES string of the molecule is CCS(=O)(=O)c1ccc([C@H](CO)NC(=O)c2ccc(N3CC(OC4CCC(C(F)(F)F)CC4)C[C@H]3COC(F)F)cc2)cc1. The minimum atomic E-state index is -4.22. The van der Waals surface area contributed by atoms with Crippen LogP contribution < -0.4 is 10.2 Å². The lowest BCUT2D eigenvalue weighted by Gasteiger charge is -2.31. The summed E-state index contributed by atoms with van der Waals surface area (Å²) in [6.07, 6.45) is -4.05. The number of nitrogens with zero attached hydrogens (tertiary/aromatic N) is 1. The molecular weight excluding hydrogens is 611 g/mol. The molecule has 1 saturated carbocycles. The maximum absolute atomic E-state index is 13.0. The standard InChI is InChI=1S/C30H37F5N2O6S/c1-2-44(40,41)26-13-5-19(6-14-26)27(17-38)36-28(39)20-3-9-22(10-4-20)37-16-25(15-23(37)18-42-29(31)32)43-24-11-7-21(8-12-24)30(33,34)35/h3-6,9-10,13-14,21,23-25,27,29,38H,2,7-8,11-12,15-18H2,1H3,(H,36,39)/t21?,23-,24?,25?,27-/m0/s1. The molecule has 8 nitrogen and oxygen atoms in total. The first-order chi connectivity index (χ1) is 20.8. The highest BCUT2D eigenvalue weighted by Gasteiger charge is 2.43. The second kappa shape index (κ2) is 14.5. The number of carbonyl (C=O) groups is 1. The van der Waals surface area contributed by atoms with Crippen LogP contribution in [0.2, 0.25) is 0 Å². The van der Waals surface area contributed by atoms with E-state index < -0.39 is 53.1 Å². The Bertz CT molecular complexity index is 1330. The number of ether oxygens (including phenoxy) is 2. The summed E-state index contributed by atoms with van der Waals surface area (Å²) in [5.74, 6) is -1.88. The highest BCUT2D eigenvalue weighted by Crippen LogP contribution is 2.39. The van der Waals surface area contributed by atoms with Gasteiger partial charge in [0.15, 0.2) is 9.84 Å². The zero-order valence-corrected chi connectivity index (χ0v) is 25.0. The molecule has 44 heavy (non-hydrogen) atoms. The van der Waals surface area contributed by atoms with E-state index in [0.717, 1.165) is 0 Å². The molecule has 2 aromatic rings. The monoisotopic (exact) mass is 648 g/mol. The van der Waals surface area contributed by atoms with Gasteiger partial charge < -0.3 is 24.8 Å². The van der Waals surface area contributed by atoms with Crippen LogP contribution in [0.15, 0.2) is 53.4 Å². The van der Waals surface area contributed by atoms with Crippen molar-refractivity contribution in [2.75, 3.05) is 30.4 Å². The average Bonchev–Trinajstić information content (AvgIpc) is 3.41. The molecular formula is C30H37F5N2O6S. The van der Waals surface area contributed by atoms with Crippen molar-refractivity contribution in [1.29, 1.82) is 0 Å². The zero-order valence-electron chi connectivity index (χ0n) is 24.2. The van der Waals surface area contributed by atoms with Crippen LogP contribution in [-0.4, -0.2) is 76.0 Å². The Morgan fingerprint density at radius 2 is 1.66 bits per heavy atom. The number of halogens is 5. The van der Waals surface area contributed by atoms with E-state index in [-0.39, 0.29) is 60.7 Å². The summed E-state index contributed by atoms with van der Waals surface area (Å²) in [7, 11) is -3.40. The van der Waals surface area contributed by atoms with E-state index in [1.165, 1.54) is 31.2 Å². The van der Waals surface area contributed by atoms with Gasteiger partial charge in [-0.3, -0.25) is 4.79 Å². The van der Waals surface area contributed by atoms with E-state index in [4.69, 9.17) is 4.74 Å². The van der Waals surface area contributed by atoms with Gasteiger partial charge in [-0.25, -0.2) is 8.42 Å². The van der Waals surface area contributed by atoms with Crippen molar-refractivity contribution in [3.63, 3.8) is 0 Å². The average molecular weight is 649 g/mol. The molecule has 2 N–H and O–H groups in total. The molecule has 1 aliphatic heterocycles. The van der Waals surface area contributed by atoms with Crippen LogP contribution in [0.5, 0.6) is 0 Å². The molecule has 0 bridgehead atoms. The molecule has 1 amide bonds. The summed E-state index contributed by atoms with van der Waals surface area (Å²) in [4.78, 5) is 14.9. The number of hydrogen-bond donors (Lipinski definition) is 2. The predicted octanol–water partition coefficient (Wildman–Crippen LogP) is 5.27. The third kappa shape index (κ3) is 8.67. The van der Waals surface area contributed by atoms with Gasteiger partial charge in [0.05, 0.1) is 54.1 Å². The predicted molar refractivity (Wildman–Crippen MR) is 152 cm³/mol. The molecule has 0 aromatic heterocycles. The lowest BCUT2D eigenvalue weighted by molar-refractivity contribution is -0.189. The number of nitrogens with one attached hydrogen (secondary N) is 1. The molecule has 1 saturated heterocycles. The van der Waals surface area contributed by atoms with Crippen molar-refractivity contribution in [3.05, 3.63) is 59.7 Å². The van der Waals surface area contributed by atoms with Gasteiger partial charge in [-0.05, 0) is 74.1 Å². The quantitative estimate of drug-likeness (QED) is 0.303. The van der Waals surface area contributed by atoms with E-state index in [0.29, 0.717) is 24.2 Å². The van der Waals surface area contributed by atoms with Gasteiger partial charge in [0.1, 0.15) is 0 Å². The lowest BCUT2D eigenvalue weighted by Crippen LogP contribution is -2.35. The van der Waals surface area contributed by atoms with E-state index in [2.05, 4.69) is 10.1 Å². The highest BCUT2D eigenvalue weighted by molar-refractivity contribution is 7.91. The van der Waals surface area contributed by atoms with E-state index >= 15 is 0 Å². The molecule has 244 valence electrons. The molecule has 4 rings (SSSR count). The Hall–Kier alpha value is -2.81. The van der Waals surface area contributed by atoms with Crippen LogP contribution >= 0.6 is 0 Å². The minimum absolute atomic E-state index is 0.00470. The van der Waals surface area contributed by atoms with Crippen LogP contribution in [0.1, 0.15) is 61.0 Å². The first kappa shape index (κ1) is 34.1. The fourth-order valence-corrected chi connectivity index (χ4v) is 6.67. The van der Waals surface area contributed by atoms with E-state index in [1.807, 2.05) is 4.90 Å². The van der Waals surface area contributed by atoms with Crippen molar-refractivity contribution in [3.8, 4) is 0 Å². The number of carbonyl (C=O) groups excluding carboxylic acids is 1. The molecule has 14 heteroatoms. The maximum Gasteiger partial charge on any atom is 0.391 e. The summed E-state index contributed by atoms with van der Waals surface area (Å²) in [5.41, 5.74) is 1.42. The molecule has 2 aromatic carbocycles. The second-order valence-corrected chi connectivity index (χ2v) is 13.4. The Balaban J connectivity index is 1.39. The van der Waals surface area contributed by atoms with E-state index in [9.17, 15) is 40.3 Å². The topological polar surface area (TPSA) is 105 Å². The van der Waals surface area contributed by atoms with Crippen molar-refractivity contribution in [2.45, 2.75) is 81.0 Å². The third-order valence-corrected chi connectivity index (χ3v) is 10.0. The van der Waals surface area contributed by atoms with Gasteiger partial charge in [0.25, 0.3) is 5.91 Å². The molecule has 1 unspecified atom stereocenters. The first-order valence-electron chi connectivity index (χ1n) is 14.5. The molecule has 0 radical (unpaired) electrons. The molecule has 1 heterocycles. The fraction of sp³-hybridized carbons (Fsp3) is 0.567. The fourth-order valence-electron chi connectivity index (χ4n) is 5.78. The summed E-state index contributed by atoms with van der Waals surface area (Å²) in [6, 6.07) is 11.0. The van der Waals surface area contributed by atoms with Gasteiger partial charge >= 0.3 is 12.8 Å². The summed E-state index contributed by atoms with van der Waals surface area (Å²) in [6.45, 7) is -1.82. The van der Waals surface area contributed by atoms with Crippen LogP contribution in [0, 0.1) is 5.92 Å². The number of amides is 1. The number of aliphatic hydroxyl groups excluding tert-OH is 1. The van der Waals surface area contributed by atoms with Gasteiger partial charge in [0, 0.05) is 17.8 Å². The number of sulfone groups is 1. The second-order valence-electron chi connectivity index (χ2n) is 11.1. The van der Waals surface area contributed by atoms with Gasteiger partial charge in [-0.2, -0.15) is 22.0 Å². The molecule has 2 aliphatic rings. The Morgan fingerprint density at radius 1 is 1.02 bits per heavy atom. The van der Waals surface area contributed by atoms with E-state index in [1.54, 1.807) is 24.3 Å². The van der Waals surface area contributed by atoms with Crippen LogP contribution in [0.25, 0.3) is 0 Å². The van der Waals surface area contributed by atoms with Crippen LogP contribution in [0.4, 0.5) is 27.6 Å².